The fourth-order valence-corrected chi connectivity index (χ4v) is 3.55. The molecule has 0 aromatic heterocycles. The first-order valence-corrected chi connectivity index (χ1v) is 9.33. The molecule has 2 aromatic carbocycles. The zero-order valence-electron chi connectivity index (χ0n) is 15.5. The number of allylic oxidation sites excluding steroid dienone is 2. The van der Waals surface area contributed by atoms with Crippen LogP contribution in [0, 0.1) is 24.7 Å². The number of esters is 1. The van der Waals surface area contributed by atoms with Gasteiger partial charge in [-0.3, -0.25) is 4.79 Å². The number of ether oxygens (including phenoxy) is 1. The average Bonchev–Trinajstić information content (AvgIpc) is 3.29. The molecule has 0 spiro atoms. The van der Waals surface area contributed by atoms with Crippen molar-refractivity contribution in [1.82, 2.24) is 0 Å². The number of alkyl halides is 3. The van der Waals surface area contributed by atoms with E-state index in [2.05, 4.69) is 0 Å². The van der Waals surface area contributed by atoms with Crippen molar-refractivity contribution in [1.29, 1.82) is 0 Å². The smallest absolute Gasteiger partial charge is 0.426 e. The van der Waals surface area contributed by atoms with Gasteiger partial charge < -0.3 is 4.74 Å². The second-order valence-corrected chi connectivity index (χ2v) is 7.45. The van der Waals surface area contributed by atoms with Crippen LogP contribution in [0.25, 0.3) is 11.1 Å². The van der Waals surface area contributed by atoms with Gasteiger partial charge in [0, 0.05) is 0 Å². The van der Waals surface area contributed by atoms with E-state index in [9.17, 15) is 18.0 Å². The van der Waals surface area contributed by atoms with Crippen molar-refractivity contribution < 1.29 is 22.7 Å². The molecule has 1 aliphatic carbocycles. The van der Waals surface area contributed by atoms with Crippen molar-refractivity contribution in [3.8, 4) is 11.1 Å². The van der Waals surface area contributed by atoms with E-state index >= 15 is 0 Å². The monoisotopic (exact) mass is 408 g/mol. The van der Waals surface area contributed by atoms with Gasteiger partial charge in [-0.2, -0.15) is 13.2 Å². The van der Waals surface area contributed by atoms with Crippen molar-refractivity contribution in [3.63, 3.8) is 0 Å². The van der Waals surface area contributed by atoms with Crippen LogP contribution in [0.15, 0.2) is 59.6 Å². The lowest BCUT2D eigenvalue weighted by atomic mass is 9.97. The van der Waals surface area contributed by atoms with Crippen LogP contribution < -0.4 is 0 Å². The summed E-state index contributed by atoms with van der Waals surface area (Å²) in [6, 6.07) is 15.6. The van der Waals surface area contributed by atoms with Crippen LogP contribution >= 0.6 is 11.6 Å². The highest BCUT2D eigenvalue weighted by Crippen LogP contribution is 2.49. The zero-order chi connectivity index (χ0) is 20.5. The molecule has 148 valence electrons. The van der Waals surface area contributed by atoms with Crippen molar-refractivity contribution in [3.05, 3.63) is 70.8 Å². The van der Waals surface area contributed by atoms with Gasteiger partial charge in [0.05, 0.1) is 5.92 Å². The molecule has 0 amide bonds. The lowest BCUT2D eigenvalue weighted by Crippen LogP contribution is -2.10. The maximum absolute atomic E-state index is 12.6. The molecule has 2 aromatic rings. The van der Waals surface area contributed by atoms with Gasteiger partial charge >= 0.3 is 12.1 Å². The summed E-state index contributed by atoms with van der Waals surface area (Å²) in [6.07, 6.45) is -3.67. The highest BCUT2D eigenvalue weighted by Gasteiger charge is 2.52. The van der Waals surface area contributed by atoms with Gasteiger partial charge in [0.2, 0.25) is 0 Å². The topological polar surface area (TPSA) is 26.3 Å². The second kappa shape index (κ2) is 8.00. The Balaban J connectivity index is 1.66. The van der Waals surface area contributed by atoms with E-state index in [0.29, 0.717) is 0 Å². The molecule has 0 heterocycles. The van der Waals surface area contributed by atoms with Crippen LogP contribution in [0.4, 0.5) is 13.2 Å². The van der Waals surface area contributed by atoms with E-state index in [1.807, 2.05) is 55.5 Å². The summed E-state index contributed by atoms with van der Waals surface area (Å²) >= 11 is 5.28. The van der Waals surface area contributed by atoms with E-state index < -0.39 is 29.0 Å². The lowest BCUT2D eigenvalue weighted by Gasteiger charge is -2.12. The van der Waals surface area contributed by atoms with E-state index in [4.69, 9.17) is 16.3 Å². The van der Waals surface area contributed by atoms with Gasteiger partial charge in [-0.05, 0) is 41.0 Å². The molecule has 3 atom stereocenters. The molecule has 0 aliphatic heterocycles. The first kappa shape index (κ1) is 20.5. The molecule has 1 saturated carbocycles. The van der Waals surface area contributed by atoms with Crippen LogP contribution in [-0.4, -0.2) is 12.1 Å². The first-order chi connectivity index (χ1) is 13.2. The van der Waals surface area contributed by atoms with Crippen molar-refractivity contribution in [2.75, 3.05) is 0 Å². The summed E-state index contributed by atoms with van der Waals surface area (Å²) in [5.74, 6) is -1.85. The Hall–Kier alpha value is -2.27. The highest BCUT2D eigenvalue weighted by atomic mass is 35.5. The summed E-state index contributed by atoms with van der Waals surface area (Å²) < 4.78 is 43.1. The van der Waals surface area contributed by atoms with Crippen LogP contribution in [0.3, 0.4) is 0 Å². The molecule has 28 heavy (non-hydrogen) atoms. The maximum atomic E-state index is 12.6. The molecule has 6 heteroatoms. The predicted molar refractivity (Wildman–Crippen MR) is 103 cm³/mol. The van der Waals surface area contributed by atoms with Gasteiger partial charge in [0.15, 0.2) is 0 Å². The Morgan fingerprint density at radius 3 is 2.46 bits per heavy atom. The number of carbonyl (C=O) groups excluding carboxylic acids is 1. The second-order valence-electron chi connectivity index (χ2n) is 7.04. The summed E-state index contributed by atoms with van der Waals surface area (Å²) in [6.45, 7) is 3.76. The Labute approximate surface area is 167 Å². The number of hydrogen-bond acceptors (Lipinski definition) is 2. The Morgan fingerprint density at radius 1 is 1.14 bits per heavy atom. The molecule has 0 bridgehead atoms. The minimum Gasteiger partial charge on any atom is -0.461 e. The van der Waals surface area contributed by atoms with E-state index in [0.717, 1.165) is 28.3 Å². The average molecular weight is 409 g/mol. The third-order valence-corrected chi connectivity index (χ3v) is 5.57. The van der Waals surface area contributed by atoms with E-state index in [-0.39, 0.29) is 12.5 Å². The molecule has 0 N–H and O–H groups in total. The van der Waals surface area contributed by atoms with Crippen LogP contribution in [0.2, 0.25) is 0 Å². The standard InChI is InChI=1S/C22H20ClF3O2/c1-13-16(9-6-10-17(13)15-7-4-3-5-8-15)12-28-21(27)20-14(2)18(20)11-19(23)22(24,25)26/h3-11,14,18,20H,12H2,1-2H3/b19-11-/t14?,18-,20+/m1/s1. The summed E-state index contributed by atoms with van der Waals surface area (Å²) in [5, 5.41) is -1.19. The van der Waals surface area contributed by atoms with Crippen molar-refractivity contribution in [2.24, 2.45) is 17.8 Å². The lowest BCUT2D eigenvalue weighted by molar-refractivity contribution is -0.147. The number of carbonyl (C=O) groups is 1. The normalized spacial score (nSPS) is 22.1. The summed E-state index contributed by atoms with van der Waals surface area (Å²) in [4.78, 5) is 12.3. The maximum Gasteiger partial charge on any atom is 0.426 e. The van der Waals surface area contributed by atoms with Crippen LogP contribution in [-0.2, 0) is 16.1 Å². The molecule has 0 saturated heterocycles. The van der Waals surface area contributed by atoms with E-state index in [1.54, 1.807) is 6.92 Å². The molecule has 1 fully saturated rings. The number of halogens is 4. The zero-order valence-corrected chi connectivity index (χ0v) is 16.2. The van der Waals surface area contributed by atoms with Gasteiger partial charge in [-0.25, -0.2) is 0 Å². The predicted octanol–water partition coefficient (Wildman–Crippen LogP) is 6.27. The highest BCUT2D eigenvalue weighted by molar-refractivity contribution is 6.30. The van der Waals surface area contributed by atoms with Crippen LogP contribution in [0.1, 0.15) is 18.1 Å². The molecule has 3 rings (SSSR count). The van der Waals surface area contributed by atoms with Gasteiger partial charge in [0.25, 0.3) is 0 Å². The van der Waals surface area contributed by atoms with Crippen LogP contribution in [0.5, 0.6) is 0 Å². The van der Waals surface area contributed by atoms with Crippen molar-refractivity contribution in [2.45, 2.75) is 26.6 Å². The minimum absolute atomic E-state index is 0.0813. The quantitative estimate of drug-likeness (QED) is 0.545. The Morgan fingerprint density at radius 2 is 1.82 bits per heavy atom. The Bertz CT molecular complexity index is 890. The molecule has 0 radical (unpaired) electrons. The fraction of sp³-hybridized carbons (Fsp3) is 0.318. The number of benzene rings is 2. The van der Waals surface area contributed by atoms with E-state index in [1.165, 1.54) is 0 Å². The minimum atomic E-state index is -4.59. The number of hydrogen-bond donors (Lipinski definition) is 0. The first-order valence-electron chi connectivity index (χ1n) is 8.95. The molecule has 1 aliphatic rings. The molecule has 1 unspecified atom stereocenters. The molecular weight excluding hydrogens is 389 g/mol. The summed E-state index contributed by atoms with van der Waals surface area (Å²) in [5.41, 5.74) is 3.98. The van der Waals surface area contributed by atoms with Gasteiger partial charge in [-0.15, -0.1) is 0 Å². The third kappa shape index (κ3) is 4.41. The van der Waals surface area contributed by atoms with Gasteiger partial charge in [0.1, 0.15) is 11.6 Å². The van der Waals surface area contributed by atoms with Crippen molar-refractivity contribution >= 4 is 17.6 Å². The third-order valence-electron chi connectivity index (χ3n) is 5.23. The summed E-state index contributed by atoms with van der Waals surface area (Å²) in [7, 11) is 0. The molecule has 2 nitrogen and oxygen atoms in total. The Kier molecular flexibility index (Phi) is 5.84. The SMILES string of the molecule is Cc1c(COC(=O)[C@H]2C(C)[C@H]2/C=C(\Cl)C(F)(F)F)cccc1-c1ccccc1. The fourth-order valence-electron chi connectivity index (χ4n) is 3.40. The number of rotatable bonds is 5. The largest absolute Gasteiger partial charge is 0.461 e. The molecular formula is C22H20ClF3O2. The van der Waals surface area contributed by atoms with Gasteiger partial charge in [-0.1, -0.05) is 73.1 Å².